The number of ether oxygens (including phenoxy) is 1. The minimum absolute atomic E-state index is 0.814. The largest absolute Gasteiger partial charge is 0.385 e. The van der Waals surface area contributed by atoms with Crippen molar-refractivity contribution in [2.24, 2.45) is 0 Å². The molecule has 22 heavy (non-hydrogen) atoms. The van der Waals surface area contributed by atoms with Gasteiger partial charge in [-0.15, -0.1) is 0 Å². The van der Waals surface area contributed by atoms with Crippen LogP contribution < -0.4 is 5.32 Å². The van der Waals surface area contributed by atoms with Crippen molar-refractivity contribution in [3.8, 4) is 5.69 Å². The summed E-state index contributed by atoms with van der Waals surface area (Å²) in [7, 11) is 1.75. The fraction of sp³-hybridized carbons (Fsp3) is 0.474. The van der Waals surface area contributed by atoms with Gasteiger partial charge in [-0.05, 0) is 75.5 Å². The first kappa shape index (κ1) is 16.8. The standard InChI is InChI=1S/C19H28N2O/c1-14-7-8-19(11-15(14)2)21-16(3)12-18(17(21)4)13-20-9-6-10-22-5/h7-8,11-12,20H,6,9-10,13H2,1-5H3. The molecular weight excluding hydrogens is 272 g/mol. The van der Waals surface area contributed by atoms with Crippen LogP contribution in [0, 0.1) is 27.7 Å². The Hall–Kier alpha value is -1.58. The van der Waals surface area contributed by atoms with E-state index in [1.807, 2.05) is 0 Å². The van der Waals surface area contributed by atoms with Crippen LogP contribution in [0.3, 0.4) is 0 Å². The molecule has 120 valence electrons. The number of aromatic nitrogens is 1. The Morgan fingerprint density at radius 1 is 1.05 bits per heavy atom. The molecule has 0 fully saturated rings. The molecule has 1 aromatic carbocycles. The van der Waals surface area contributed by atoms with E-state index in [9.17, 15) is 0 Å². The van der Waals surface area contributed by atoms with Gasteiger partial charge in [-0.3, -0.25) is 0 Å². The van der Waals surface area contributed by atoms with Crippen molar-refractivity contribution in [3.63, 3.8) is 0 Å². The third kappa shape index (κ3) is 3.79. The van der Waals surface area contributed by atoms with Gasteiger partial charge in [0, 0.05) is 37.3 Å². The maximum Gasteiger partial charge on any atom is 0.0474 e. The van der Waals surface area contributed by atoms with Crippen LogP contribution in [0.15, 0.2) is 24.3 Å². The highest BCUT2D eigenvalue weighted by atomic mass is 16.5. The first-order valence-corrected chi connectivity index (χ1v) is 7.99. The molecule has 0 aliphatic carbocycles. The Labute approximate surface area is 134 Å². The van der Waals surface area contributed by atoms with E-state index in [2.05, 4.69) is 61.8 Å². The van der Waals surface area contributed by atoms with E-state index in [0.717, 1.165) is 26.1 Å². The summed E-state index contributed by atoms with van der Waals surface area (Å²) in [4.78, 5) is 0. The van der Waals surface area contributed by atoms with Gasteiger partial charge in [-0.25, -0.2) is 0 Å². The third-order valence-corrected chi connectivity index (χ3v) is 4.30. The van der Waals surface area contributed by atoms with Gasteiger partial charge in [0.05, 0.1) is 0 Å². The molecule has 0 saturated carbocycles. The number of aryl methyl sites for hydroxylation is 3. The van der Waals surface area contributed by atoms with E-state index in [1.165, 1.54) is 33.8 Å². The Morgan fingerprint density at radius 2 is 1.82 bits per heavy atom. The first-order valence-electron chi connectivity index (χ1n) is 7.99. The lowest BCUT2D eigenvalue weighted by atomic mass is 10.1. The molecule has 0 atom stereocenters. The van der Waals surface area contributed by atoms with Gasteiger partial charge in [-0.1, -0.05) is 6.07 Å². The lowest BCUT2D eigenvalue weighted by Gasteiger charge is -2.12. The smallest absolute Gasteiger partial charge is 0.0474 e. The molecular formula is C19H28N2O. The zero-order valence-electron chi connectivity index (χ0n) is 14.5. The van der Waals surface area contributed by atoms with Crippen molar-refractivity contribution in [3.05, 3.63) is 52.3 Å². The lowest BCUT2D eigenvalue weighted by Crippen LogP contribution is -2.16. The monoisotopic (exact) mass is 300 g/mol. The molecule has 2 rings (SSSR count). The van der Waals surface area contributed by atoms with Crippen LogP contribution in [0.1, 0.15) is 34.5 Å². The van der Waals surface area contributed by atoms with Crippen molar-refractivity contribution >= 4 is 0 Å². The summed E-state index contributed by atoms with van der Waals surface area (Å²) in [5.74, 6) is 0. The second-order valence-electron chi connectivity index (χ2n) is 6.02. The van der Waals surface area contributed by atoms with Crippen LogP contribution in [0.25, 0.3) is 5.69 Å². The maximum absolute atomic E-state index is 5.08. The fourth-order valence-electron chi connectivity index (χ4n) is 2.83. The van der Waals surface area contributed by atoms with Gasteiger partial charge in [0.2, 0.25) is 0 Å². The van der Waals surface area contributed by atoms with E-state index >= 15 is 0 Å². The summed E-state index contributed by atoms with van der Waals surface area (Å²) in [5, 5.41) is 3.50. The highest BCUT2D eigenvalue weighted by Gasteiger charge is 2.10. The van der Waals surface area contributed by atoms with Gasteiger partial charge in [0.15, 0.2) is 0 Å². The van der Waals surface area contributed by atoms with E-state index < -0.39 is 0 Å². The number of hydrogen-bond donors (Lipinski definition) is 1. The summed E-state index contributed by atoms with van der Waals surface area (Å²) in [6.07, 6.45) is 1.05. The molecule has 0 aliphatic heterocycles. The molecule has 3 heteroatoms. The lowest BCUT2D eigenvalue weighted by molar-refractivity contribution is 0.194. The summed E-state index contributed by atoms with van der Waals surface area (Å²) in [6, 6.07) is 8.96. The van der Waals surface area contributed by atoms with Crippen molar-refractivity contribution < 1.29 is 4.74 Å². The molecule has 0 bridgehead atoms. The summed E-state index contributed by atoms with van der Waals surface area (Å²) in [6.45, 7) is 11.4. The van der Waals surface area contributed by atoms with Crippen LogP contribution in [-0.2, 0) is 11.3 Å². The zero-order valence-corrected chi connectivity index (χ0v) is 14.5. The number of methoxy groups -OCH3 is 1. The van der Waals surface area contributed by atoms with E-state index in [0.29, 0.717) is 0 Å². The van der Waals surface area contributed by atoms with Gasteiger partial charge in [0.25, 0.3) is 0 Å². The molecule has 0 saturated heterocycles. The zero-order chi connectivity index (χ0) is 16.1. The van der Waals surface area contributed by atoms with Crippen LogP contribution in [0.2, 0.25) is 0 Å². The highest BCUT2D eigenvalue weighted by Crippen LogP contribution is 2.22. The summed E-state index contributed by atoms with van der Waals surface area (Å²) < 4.78 is 7.42. The Balaban J connectivity index is 2.14. The van der Waals surface area contributed by atoms with Gasteiger partial charge in [-0.2, -0.15) is 0 Å². The molecule has 0 spiro atoms. The summed E-state index contributed by atoms with van der Waals surface area (Å²) in [5.41, 5.74) is 7.90. The van der Waals surface area contributed by atoms with E-state index in [1.54, 1.807) is 7.11 Å². The Bertz CT molecular complexity index is 629. The molecule has 1 N–H and O–H groups in total. The molecule has 0 amide bonds. The fourth-order valence-corrected chi connectivity index (χ4v) is 2.83. The van der Waals surface area contributed by atoms with E-state index in [4.69, 9.17) is 4.74 Å². The highest BCUT2D eigenvalue weighted by molar-refractivity contribution is 5.45. The molecule has 1 aromatic heterocycles. The van der Waals surface area contributed by atoms with Gasteiger partial charge in [0.1, 0.15) is 0 Å². The molecule has 0 aliphatic rings. The first-order chi connectivity index (χ1) is 10.5. The predicted octanol–water partition coefficient (Wildman–Crippen LogP) is 3.84. The quantitative estimate of drug-likeness (QED) is 0.786. The molecule has 3 nitrogen and oxygen atoms in total. The van der Waals surface area contributed by atoms with Crippen LogP contribution >= 0.6 is 0 Å². The number of hydrogen-bond acceptors (Lipinski definition) is 2. The average molecular weight is 300 g/mol. The number of benzene rings is 1. The number of nitrogens with one attached hydrogen (secondary N) is 1. The van der Waals surface area contributed by atoms with Gasteiger partial charge < -0.3 is 14.6 Å². The average Bonchev–Trinajstić information content (AvgIpc) is 2.76. The minimum atomic E-state index is 0.814. The Kier molecular flexibility index (Phi) is 5.81. The van der Waals surface area contributed by atoms with Crippen LogP contribution in [-0.4, -0.2) is 24.8 Å². The summed E-state index contributed by atoms with van der Waals surface area (Å²) >= 11 is 0. The molecule has 2 aromatic rings. The number of nitrogens with zero attached hydrogens (tertiary/aromatic N) is 1. The molecule has 0 radical (unpaired) electrons. The van der Waals surface area contributed by atoms with Gasteiger partial charge >= 0.3 is 0 Å². The van der Waals surface area contributed by atoms with Crippen molar-refractivity contribution in [1.29, 1.82) is 0 Å². The Morgan fingerprint density at radius 3 is 2.50 bits per heavy atom. The van der Waals surface area contributed by atoms with Crippen LogP contribution in [0.4, 0.5) is 0 Å². The van der Waals surface area contributed by atoms with Crippen molar-refractivity contribution in [1.82, 2.24) is 9.88 Å². The normalized spacial score (nSPS) is 11.1. The minimum Gasteiger partial charge on any atom is -0.385 e. The molecule has 0 unspecified atom stereocenters. The maximum atomic E-state index is 5.08. The SMILES string of the molecule is COCCCNCc1cc(C)n(-c2ccc(C)c(C)c2)c1C. The third-order valence-electron chi connectivity index (χ3n) is 4.30. The number of rotatable bonds is 7. The van der Waals surface area contributed by atoms with E-state index in [-0.39, 0.29) is 0 Å². The van der Waals surface area contributed by atoms with Crippen LogP contribution in [0.5, 0.6) is 0 Å². The topological polar surface area (TPSA) is 26.2 Å². The van der Waals surface area contributed by atoms with Crippen molar-refractivity contribution in [2.45, 2.75) is 40.7 Å². The van der Waals surface area contributed by atoms with Crippen molar-refractivity contribution in [2.75, 3.05) is 20.3 Å². The predicted molar refractivity (Wildman–Crippen MR) is 92.9 cm³/mol. The second-order valence-corrected chi connectivity index (χ2v) is 6.02. The second kappa shape index (κ2) is 7.61. The molecule has 1 heterocycles.